The smallest absolute Gasteiger partial charge is 0.321 e. The molecule has 0 aromatic heterocycles. The van der Waals surface area contributed by atoms with Crippen molar-refractivity contribution in [3.8, 4) is 0 Å². The molecule has 3 N–H and O–H groups in total. The zero-order chi connectivity index (χ0) is 15.4. The number of urea groups is 1. The molecule has 5 nitrogen and oxygen atoms in total. The third kappa shape index (κ3) is 4.19. The van der Waals surface area contributed by atoms with E-state index < -0.39 is 0 Å². The number of rotatable bonds is 4. The van der Waals surface area contributed by atoms with Crippen LogP contribution < -0.4 is 11.1 Å². The van der Waals surface area contributed by atoms with Gasteiger partial charge in [0, 0.05) is 31.4 Å². The monoisotopic (exact) mass is 290 g/mol. The number of hydrogen-bond acceptors (Lipinski definition) is 3. The number of hydrogen-bond donors (Lipinski definition) is 2. The second-order valence-electron chi connectivity index (χ2n) is 6.00. The predicted octanol–water partition coefficient (Wildman–Crippen LogP) is 2.26. The van der Waals surface area contributed by atoms with Crippen molar-refractivity contribution in [2.45, 2.75) is 31.8 Å². The first-order chi connectivity index (χ1) is 9.97. The lowest BCUT2D eigenvalue weighted by Crippen LogP contribution is -2.41. The van der Waals surface area contributed by atoms with Crippen LogP contribution in [0.2, 0.25) is 0 Å². The number of amides is 2. The van der Waals surface area contributed by atoms with Crippen LogP contribution in [0.15, 0.2) is 24.3 Å². The van der Waals surface area contributed by atoms with E-state index in [1.807, 2.05) is 38.2 Å². The van der Waals surface area contributed by atoms with E-state index in [4.69, 9.17) is 5.73 Å². The van der Waals surface area contributed by atoms with Crippen molar-refractivity contribution in [1.29, 1.82) is 0 Å². The molecule has 2 unspecified atom stereocenters. The summed E-state index contributed by atoms with van der Waals surface area (Å²) in [4.78, 5) is 16.3. The van der Waals surface area contributed by atoms with Crippen molar-refractivity contribution < 1.29 is 4.79 Å². The minimum Gasteiger partial charge on any atom is -0.326 e. The molecule has 0 spiro atoms. The predicted molar refractivity (Wildman–Crippen MR) is 86.3 cm³/mol. The maximum absolute atomic E-state index is 12.3. The molecule has 2 rings (SSSR count). The summed E-state index contributed by atoms with van der Waals surface area (Å²) in [5, 5.41) is 2.94. The van der Waals surface area contributed by atoms with Crippen molar-refractivity contribution in [3.05, 3.63) is 29.8 Å². The molecule has 0 saturated carbocycles. The van der Waals surface area contributed by atoms with E-state index in [0.29, 0.717) is 6.04 Å². The van der Waals surface area contributed by atoms with Gasteiger partial charge in [-0.1, -0.05) is 12.1 Å². The fraction of sp³-hybridized carbons (Fsp3) is 0.562. The largest absolute Gasteiger partial charge is 0.326 e. The van der Waals surface area contributed by atoms with Gasteiger partial charge in [-0.25, -0.2) is 4.79 Å². The van der Waals surface area contributed by atoms with Crippen molar-refractivity contribution >= 4 is 11.7 Å². The number of carbonyl (C=O) groups is 1. The Labute approximate surface area is 127 Å². The van der Waals surface area contributed by atoms with Crippen LogP contribution in [-0.2, 0) is 0 Å². The normalized spacial score (nSPS) is 20.3. The van der Waals surface area contributed by atoms with E-state index in [1.165, 1.54) is 6.42 Å². The molecule has 116 valence electrons. The Balaban J connectivity index is 1.92. The summed E-state index contributed by atoms with van der Waals surface area (Å²) < 4.78 is 0. The van der Waals surface area contributed by atoms with Gasteiger partial charge in [-0.15, -0.1) is 0 Å². The number of nitrogens with two attached hydrogens (primary N) is 1. The molecule has 21 heavy (non-hydrogen) atoms. The summed E-state index contributed by atoms with van der Waals surface area (Å²) in [7, 11) is 3.96. The van der Waals surface area contributed by atoms with Crippen LogP contribution in [-0.4, -0.2) is 49.1 Å². The Bertz CT molecular complexity index is 489. The highest BCUT2D eigenvalue weighted by Crippen LogP contribution is 2.18. The first-order valence-electron chi connectivity index (χ1n) is 7.55. The number of likely N-dealkylation sites (N-methyl/N-ethyl adjacent to an activating group) is 2. The Morgan fingerprint density at radius 1 is 1.57 bits per heavy atom. The fourth-order valence-electron chi connectivity index (χ4n) is 2.73. The Morgan fingerprint density at radius 2 is 2.33 bits per heavy atom. The highest BCUT2D eigenvalue weighted by atomic mass is 16.2. The summed E-state index contributed by atoms with van der Waals surface area (Å²) in [5.41, 5.74) is 7.68. The van der Waals surface area contributed by atoms with Gasteiger partial charge >= 0.3 is 6.03 Å². The van der Waals surface area contributed by atoms with Gasteiger partial charge in [-0.2, -0.15) is 0 Å². The molecule has 1 aliphatic heterocycles. The van der Waals surface area contributed by atoms with Crippen molar-refractivity contribution in [1.82, 2.24) is 9.80 Å². The molecule has 1 aromatic rings. The maximum Gasteiger partial charge on any atom is 0.321 e. The van der Waals surface area contributed by atoms with Gasteiger partial charge in [-0.3, -0.25) is 0 Å². The van der Waals surface area contributed by atoms with Crippen LogP contribution in [0.5, 0.6) is 0 Å². The number of likely N-dealkylation sites (tertiary alicyclic amines) is 1. The molecule has 1 aliphatic rings. The van der Waals surface area contributed by atoms with E-state index in [-0.39, 0.29) is 12.1 Å². The zero-order valence-electron chi connectivity index (χ0n) is 13.2. The van der Waals surface area contributed by atoms with Gasteiger partial charge in [0.25, 0.3) is 0 Å². The van der Waals surface area contributed by atoms with Gasteiger partial charge in [0.1, 0.15) is 0 Å². The molecule has 1 heterocycles. The lowest BCUT2D eigenvalue weighted by molar-refractivity contribution is 0.201. The minimum absolute atomic E-state index is 0.0354. The topological polar surface area (TPSA) is 61.6 Å². The SMILES string of the molecule is CC(N)c1cccc(NC(=O)N(C)CC2CCCN2C)c1. The van der Waals surface area contributed by atoms with Crippen LogP contribution in [0.3, 0.4) is 0 Å². The number of nitrogens with zero attached hydrogens (tertiary/aromatic N) is 2. The molecule has 5 heteroatoms. The summed E-state index contributed by atoms with van der Waals surface area (Å²) in [6, 6.07) is 8.06. The molecular formula is C16H26N4O. The average molecular weight is 290 g/mol. The molecule has 1 aromatic carbocycles. The summed E-state index contributed by atoms with van der Waals surface area (Å²) >= 11 is 0. The molecule has 0 bridgehead atoms. The summed E-state index contributed by atoms with van der Waals surface area (Å²) in [6.45, 7) is 3.81. The number of benzene rings is 1. The van der Waals surface area contributed by atoms with E-state index in [1.54, 1.807) is 4.90 Å². The van der Waals surface area contributed by atoms with Crippen LogP contribution in [0.4, 0.5) is 10.5 Å². The lowest BCUT2D eigenvalue weighted by Gasteiger charge is -2.26. The zero-order valence-corrected chi connectivity index (χ0v) is 13.2. The number of anilines is 1. The quantitative estimate of drug-likeness (QED) is 0.894. The Hall–Kier alpha value is -1.59. The maximum atomic E-state index is 12.3. The van der Waals surface area contributed by atoms with Gasteiger partial charge < -0.3 is 20.9 Å². The van der Waals surface area contributed by atoms with E-state index in [2.05, 4.69) is 17.3 Å². The van der Waals surface area contributed by atoms with E-state index >= 15 is 0 Å². The highest BCUT2D eigenvalue weighted by Gasteiger charge is 2.23. The fourth-order valence-corrected chi connectivity index (χ4v) is 2.73. The standard InChI is InChI=1S/C16H26N4O/c1-12(17)13-6-4-7-14(10-13)18-16(21)20(3)11-15-8-5-9-19(15)2/h4,6-7,10,12,15H,5,8-9,11,17H2,1-3H3,(H,18,21). The van der Waals surface area contributed by atoms with Crippen LogP contribution in [0.25, 0.3) is 0 Å². The Kier molecular flexibility index (Phi) is 5.20. The highest BCUT2D eigenvalue weighted by molar-refractivity contribution is 5.89. The van der Waals surface area contributed by atoms with Crippen LogP contribution in [0, 0.1) is 0 Å². The first-order valence-corrected chi connectivity index (χ1v) is 7.55. The second kappa shape index (κ2) is 6.91. The minimum atomic E-state index is -0.0721. The molecule has 0 aliphatic carbocycles. The Morgan fingerprint density at radius 3 is 2.95 bits per heavy atom. The van der Waals surface area contributed by atoms with Crippen LogP contribution in [0.1, 0.15) is 31.4 Å². The average Bonchev–Trinajstić information content (AvgIpc) is 2.84. The summed E-state index contributed by atoms with van der Waals surface area (Å²) in [6.07, 6.45) is 2.38. The molecule has 0 radical (unpaired) electrons. The van der Waals surface area contributed by atoms with Crippen molar-refractivity contribution in [2.75, 3.05) is 32.5 Å². The van der Waals surface area contributed by atoms with Crippen molar-refractivity contribution in [2.24, 2.45) is 5.73 Å². The van der Waals surface area contributed by atoms with Gasteiger partial charge in [0.05, 0.1) is 0 Å². The first kappa shape index (κ1) is 15.8. The molecule has 2 atom stereocenters. The van der Waals surface area contributed by atoms with E-state index in [0.717, 1.165) is 30.8 Å². The third-order valence-electron chi connectivity index (χ3n) is 4.17. The molecular weight excluding hydrogens is 264 g/mol. The number of carbonyl (C=O) groups excluding carboxylic acids is 1. The van der Waals surface area contributed by atoms with Gasteiger partial charge in [0.15, 0.2) is 0 Å². The third-order valence-corrected chi connectivity index (χ3v) is 4.17. The van der Waals surface area contributed by atoms with E-state index in [9.17, 15) is 4.79 Å². The van der Waals surface area contributed by atoms with Gasteiger partial charge in [-0.05, 0) is 51.1 Å². The van der Waals surface area contributed by atoms with Crippen molar-refractivity contribution in [3.63, 3.8) is 0 Å². The second-order valence-corrected chi connectivity index (χ2v) is 6.00. The summed E-state index contributed by atoms with van der Waals surface area (Å²) in [5.74, 6) is 0. The molecule has 2 amide bonds. The molecule has 1 fully saturated rings. The van der Waals surface area contributed by atoms with Crippen LogP contribution >= 0.6 is 0 Å². The van der Waals surface area contributed by atoms with Gasteiger partial charge in [0.2, 0.25) is 0 Å². The lowest BCUT2D eigenvalue weighted by atomic mass is 10.1. The number of nitrogens with one attached hydrogen (secondary N) is 1. The molecule has 1 saturated heterocycles.